The molecule has 0 bridgehead atoms. The number of carboxylic acids is 1. The van der Waals surface area contributed by atoms with Gasteiger partial charge >= 0.3 is 5.97 Å². The van der Waals surface area contributed by atoms with E-state index in [0.717, 1.165) is 11.1 Å². The summed E-state index contributed by atoms with van der Waals surface area (Å²) in [4.78, 5) is 26.4. The molecule has 7 nitrogen and oxygen atoms in total. The molecule has 0 unspecified atom stereocenters. The van der Waals surface area contributed by atoms with E-state index in [1.807, 2.05) is 60.7 Å². The molecule has 0 heterocycles. The molecule has 1 amide bonds. The maximum atomic E-state index is 13.0. The van der Waals surface area contributed by atoms with Gasteiger partial charge in [0.1, 0.15) is 5.60 Å². The van der Waals surface area contributed by atoms with E-state index in [1.54, 1.807) is 25.2 Å². The number of methoxy groups -OCH3 is 2. The first-order valence-electron chi connectivity index (χ1n) is 10.9. The third kappa shape index (κ3) is 5.55. The molecule has 1 N–H and O–H groups in total. The van der Waals surface area contributed by atoms with Crippen molar-refractivity contribution in [3.63, 3.8) is 0 Å². The summed E-state index contributed by atoms with van der Waals surface area (Å²) in [6.07, 6.45) is -0.256. The Hall–Kier alpha value is -3.84. The Labute approximate surface area is 199 Å². The molecule has 0 atom stereocenters. The standard InChI is InChI=1S/C27H29NO6/c1-28(26(31)20-14-15-23(32-2)24(18-20)33-3)16-17-34-27(19-25(29)30,21-10-6-4-7-11-21)22-12-8-5-9-13-22/h4-15,18H,16-17,19H2,1-3H3,(H,29,30). The number of carboxylic acid groups (broad SMARTS) is 1. The Morgan fingerprint density at radius 2 is 1.41 bits per heavy atom. The van der Waals surface area contributed by atoms with Gasteiger partial charge < -0.3 is 24.2 Å². The molecule has 3 aromatic carbocycles. The molecule has 0 fully saturated rings. The van der Waals surface area contributed by atoms with Gasteiger partial charge in [0, 0.05) is 19.2 Å². The quantitative estimate of drug-likeness (QED) is 0.459. The smallest absolute Gasteiger partial charge is 0.307 e. The molecular formula is C27H29NO6. The number of rotatable bonds is 11. The van der Waals surface area contributed by atoms with Gasteiger partial charge in [-0.1, -0.05) is 60.7 Å². The number of likely N-dealkylation sites (N-methyl/N-ethyl adjacent to an activating group) is 1. The van der Waals surface area contributed by atoms with Crippen LogP contribution in [-0.4, -0.2) is 56.3 Å². The van der Waals surface area contributed by atoms with Crippen LogP contribution in [-0.2, 0) is 15.1 Å². The molecule has 34 heavy (non-hydrogen) atoms. The number of amides is 1. The fourth-order valence-corrected chi connectivity index (χ4v) is 3.86. The summed E-state index contributed by atoms with van der Waals surface area (Å²) in [7, 11) is 4.72. The summed E-state index contributed by atoms with van der Waals surface area (Å²) in [6, 6.07) is 23.5. The zero-order chi connectivity index (χ0) is 24.6. The number of hydrogen-bond donors (Lipinski definition) is 1. The summed E-state index contributed by atoms with van der Waals surface area (Å²) in [5, 5.41) is 9.74. The van der Waals surface area contributed by atoms with Crippen LogP contribution >= 0.6 is 0 Å². The van der Waals surface area contributed by atoms with Crippen LogP contribution in [0, 0.1) is 0 Å². The van der Waals surface area contributed by atoms with Crippen molar-refractivity contribution >= 4 is 11.9 Å². The number of hydrogen-bond acceptors (Lipinski definition) is 5. The molecule has 0 saturated heterocycles. The lowest BCUT2D eigenvalue weighted by Crippen LogP contribution is -2.38. The van der Waals surface area contributed by atoms with Gasteiger partial charge in [0.05, 0.1) is 27.2 Å². The van der Waals surface area contributed by atoms with Crippen molar-refractivity contribution in [3.8, 4) is 11.5 Å². The molecule has 3 aromatic rings. The van der Waals surface area contributed by atoms with E-state index >= 15 is 0 Å². The van der Waals surface area contributed by atoms with Crippen LogP contribution in [0.4, 0.5) is 0 Å². The lowest BCUT2D eigenvalue weighted by molar-refractivity contribution is -0.144. The van der Waals surface area contributed by atoms with Gasteiger partial charge in [0.25, 0.3) is 5.91 Å². The summed E-state index contributed by atoms with van der Waals surface area (Å²) in [5.41, 5.74) is 0.722. The second kappa shape index (κ2) is 11.3. The molecule has 0 aliphatic heterocycles. The monoisotopic (exact) mass is 463 g/mol. The van der Waals surface area contributed by atoms with Gasteiger partial charge in [-0.05, 0) is 29.3 Å². The lowest BCUT2D eigenvalue weighted by atomic mass is 9.83. The number of aliphatic carboxylic acids is 1. The van der Waals surface area contributed by atoms with Gasteiger partial charge in [-0.15, -0.1) is 0 Å². The van der Waals surface area contributed by atoms with E-state index < -0.39 is 11.6 Å². The van der Waals surface area contributed by atoms with Crippen molar-refractivity contribution in [1.29, 1.82) is 0 Å². The van der Waals surface area contributed by atoms with Crippen LogP contribution in [0.15, 0.2) is 78.9 Å². The lowest BCUT2D eigenvalue weighted by Gasteiger charge is -2.34. The van der Waals surface area contributed by atoms with Crippen LogP contribution in [0.3, 0.4) is 0 Å². The first-order chi connectivity index (χ1) is 16.4. The Kier molecular flexibility index (Phi) is 8.27. The second-order valence-corrected chi connectivity index (χ2v) is 7.77. The van der Waals surface area contributed by atoms with Crippen molar-refractivity contribution in [3.05, 3.63) is 95.6 Å². The minimum atomic E-state index is -1.19. The number of nitrogens with zero attached hydrogens (tertiary/aromatic N) is 1. The van der Waals surface area contributed by atoms with E-state index in [-0.39, 0.29) is 25.5 Å². The Balaban J connectivity index is 1.82. The normalized spacial score (nSPS) is 11.0. The predicted octanol–water partition coefficient (Wildman–Crippen LogP) is 4.21. The summed E-state index contributed by atoms with van der Waals surface area (Å²) >= 11 is 0. The minimum Gasteiger partial charge on any atom is -0.493 e. The van der Waals surface area contributed by atoms with Crippen LogP contribution < -0.4 is 9.47 Å². The van der Waals surface area contributed by atoms with E-state index in [9.17, 15) is 14.7 Å². The number of ether oxygens (including phenoxy) is 3. The predicted molar refractivity (Wildman–Crippen MR) is 128 cm³/mol. The first-order valence-corrected chi connectivity index (χ1v) is 10.9. The van der Waals surface area contributed by atoms with Gasteiger partial charge in [-0.2, -0.15) is 0 Å². The van der Waals surface area contributed by atoms with Crippen LogP contribution in [0.2, 0.25) is 0 Å². The topological polar surface area (TPSA) is 85.3 Å². The highest BCUT2D eigenvalue weighted by Crippen LogP contribution is 2.37. The number of carbonyl (C=O) groups excluding carboxylic acids is 1. The highest BCUT2D eigenvalue weighted by molar-refractivity contribution is 5.94. The van der Waals surface area contributed by atoms with Gasteiger partial charge in [-0.25, -0.2) is 0 Å². The molecule has 0 radical (unpaired) electrons. The second-order valence-electron chi connectivity index (χ2n) is 7.77. The molecule has 7 heteroatoms. The minimum absolute atomic E-state index is 0.132. The third-order valence-corrected chi connectivity index (χ3v) is 5.63. The molecule has 0 saturated carbocycles. The average molecular weight is 464 g/mol. The highest BCUT2D eigenvalue weighted by atomic mass is 16.5. The molecule has 0 aromatic heterocycles. The molecule has 0 spiro atoms. The van der Waals surface area contributed by atoms with Gasteiger partial charge in [-0.3, -0.25) is 9.59 Å². The van der Waals surface area contributed by atoms with E-state index in [2.05, 4.69) is 0 Å². The van der Waals surface area contributed by atoms with Crippen LogP contribution in [0.1, 0.15) is 27.9 Å². The summed E-state index contributed by atoms with van der Waals surface area (Å²) in [5.74, 6) is -0.198. The van der Waals surface area contributed by atoms with E-state index in [4.69, 9.17) is 14.2 Å². The SMILES string of the molecule is COc1ccc(C(=O)N(C)CCOC(CC(=O)O)(c2ccccc2)c2ccccc2)cc1OC. The zero-order valence-corrected chi connectivity index (χ0v) is 19.6. The van der Waals surface area contributed by atoms with Gasteiger partial charge in [0.15, 0.2) is 11.5 Å². The van der Waals surface area contributed by atoms with Crippen LogP contribution in [0.25, 0.3) is 0 Å². The van der Waals surface area contributed by atoms with Crippen molar-refractivity contribution < 1.29 is 28.9 Å². The average Bonchev–Trinajstić information content (AvgIpc) is 2.87. The summed E-state index contributed by atoms with van der Waals surface area (Å²) < 4.78 is 16.9. The maximum Gasteiger partial charge on any atom is 0.307 e. The number of benzene rings is 3. The third-order valence-electron chi connectivity index (χ3n) is 5.63. The van der Waals surface area contributed by atoms with Gasteiger partial charge in [0.2, 0.25) is 0 Å². The Morgan fingerprint density at radius 3 is 1.91 bits per heavy atom. The van der Waals surface area contributed by atoms with Crippen molar-refractivity contribution in [2.24, 2.45) is 0 Å². The zero-order valence-electron chi connectivity index (χ0n) is 19.6. The molecule has 3 rings (SSSR count). The van der Waals surface area contributed by atoms with E-state index in [0.29, 0.717) is 17.1 Å². The fourth-order valence-electron chi connectivity index (χ4n) is 3.86. The summed E-state index contributed by atoms with van der Waals surface area (Å²) in [6.45, 7) is 0.390. The number of carbonyl (C=O) groups is 2. The molecule has 0 aliphatic rings. The Morgan fingerprint density at radius 1 is 0.853 bits per heavy atom. The molecule has 178 valence electrons. The van der Waals surface area contributed by atoms with Crippen molar-refractivity contribution in [2.45, 2.75) is 12.0 Å². The van der Waals surface area contributed by atoms with Crippen molar-refractivity contribution in [2.75, 3.05) is 34.4 Å². The maximum absolute atomic E-state index is 13.0. The van der Waals surface area contributed by atoms with Crippen molar-refractivity contribution in [1.82, 2.24) is 4.90 Å². The largest absolute Gasteiger partial charge is 0.493 e. The molecular weight excluding hydrogens is 434 g/mol. The Bertz CT molecular complexity index is 1060. The molecule has 0 aliphatic carbocycles. The highest BCUT2D eigenvalue weighted by Gasteiger charge is 2.38. The van der Waals surface area contributed by atoms with E-state index in [1.165, 1.54) is 19.1 Å². The fraction of sp³-hybridized carbons (Fsp3) is 0.259. The first kappa shape index (κ1) is 24.8. The van der Waals surface area contributed by atoms with Crippen LogP contribution in [0.5, 0.6) is 11.5 Å².